The summed E-state index contributed by atoms with van der Waals surface area (Å²) in [6.45, 7) is 7.20. The molecule has 88 valence electrons. The molecule has 0 saturated heterocycles. The SMILES string of the molecule is CCC(CC1CC1)NC1CCCC1(C)C. The quantitative estimate of drug-likeness (QED) is 0.727. The number of hydrogen-bond donors (Lipinski definition) is 1. The molecule has 0 spiro atoms. The van der Waals surface area contributed by atoms with Crippen LogP contribution < -0.4 is 5.32 Å². The van der Waals surface area contributed by atoms with Crippen LogP contribution in [0.5, 0.6) is 0 Å². The van der Waals surface area contributed by atoms with Gasteiger partial charge < -0.3 is 5.32 Å². The smallest absolute Gasteiger partial charge is 0.0121 e. The van der Waals surface area contributed by atoms with Crippen molar-refractivity contribution in [3.05, 3.63) is 0 Å². The molecule has 0 heterocycles. The van der Waals surface area contributed by atoms with Crippen LogP contribution >= 0.6 is 0 Å². The van der Waals surface area contributed by atoms with E-state index in [1.807, 2.05) is 0 Å². The highest BCUT2D eigenvalue weighted by molar-refractivity contribution is 4.92. The summed E-state index contributed by atoms with van der Waals surface area (Å²) < 4.78 is 0. The van der Waals surface area contributed by atoms with E-state index < -0.39 is 0 Å². The third-order valence-electron chi connectivity index (χ3n) is 4.50. The molecule has 0 amide bonds. The van der Waals surface area contributed by atoms with Crippen molar-refractivity contribution in [2.45, 2.75) is 77.8 Å². The van der Waals surface area contributed by atoms with Gasteiger partial charge in [-0.3, -0.25) is 0 Å². The number of hydrogen-bond acceptors (Lipinski definition) is 1. The van der Waals surface area contributed by atoms with Crippen molar-refractivity contribution in [2.75, 3.05) is 0 Å². The fourth-order valence-corrected chi connectivity index (χ4v) is 3.03. The molecule has 2 saturated carbocycles. The second-order valence-electron chi connectivity index (χ2n) is 6.38. The highest BCUT2D eigenvalue weighted by atomic mass is 15.0. The van der Waals surface area contributed by atoms with Crippen LogP contribution in [-0.2, 0) is 0 Å². The lowest BCUT2D eigenvalue weighted by Crippen LogP contribution is -2.43. The highest BCUT2D eigenvalue weighted by Crippen LogP contribution is 2.39. The molecule has 2 rings (SSSR count). The van der Waals surface area contributed by atoms with E-state index in [9.17, 15) is 0 Å². The molecule has 0 aromatic heterocycles. The van der Waals surface area contributed by atoms with Gasteiger partial charge in [0.2, 0.25) is 0 Å². The second-order valence-corrected chi connectivity index (χ2v) is 6.38. The van der Waals surface area contributed by atoms with Crippen LogP contribution in [0.15, 0.2) is 0 Å². The predicted molar refractivity (Wildman–Crippen MR) is 66.0 cm³/mol. The monoisotopic (exact) mass is 209 g/mol. The number of nitrogens with one attached hydrogen (secondary N) is 1. The van der Waals surface area contributed by atoms with Crippen LogP contribution in [-0.4, -0.2) is 12.1 Å². The molecule has 0 aliphatic heterocycles. The molecule has 15 heavy (non-hydrogen) atoms. The third kappa shape index (κ3) is 2.96. The van der Waals surface area contributed by atoms with E-state index in [-0.39, 0.29) is 0 Å². The Morgan fingerprint density at radius 2 is 2.00 bits per heavy atom. The van der Waals surface area contributed by atoms with Crippen LogP contribution in [0.4, 0.5) is 0 Å². The molecule has 0 aromatic rings. The summed E-state index contributed by atoms with van der Waals surface area (Å²) in [5.74, 6) is 1.06. The molecule has 0 radical (unpaired) electrons. The fraction of sp³-hybridized carbons (Fsp3) is 1.00. The lowest BCUT2D eigenvalue weighted by Gasteiger charge is -2.32. The third-order valence-corrected chi connectivity index (χ3v) is 4.50. The van der Waals surface area contributed by atoms with Gasteiger partial charge in [-0.2, -0.15) is 0 Å². The average molecular weight is 209 g/mol. The lowest BCUT2D eigenvalue weighted by molar-refractivity contribution is 0.250. The number of rotatable bonds is 5. The Morgan fingerprint density at radius 3 is 2.47 bits per heavy atom. The van der Waals surface area contributed by atoms with Gasteiger partial charge in [-0.15, -0.1) is 0 Å². The molecule has 1 heteroatoms. The molecule has 1 N–H and O–H groups in total. The van der Waals surface area contributed by atoms with Crippen molar-refractivity contribution in [1.82, 2.24) is 5.32 Å². The zero-order chi connectivity index (χ0) is 10.9. The zero-order valence-corrected chi connectivity index (χ0v) is 10.7. The van der Waals surface area contributed by atoms with Gasteiger partial charge in [0, 0.05) is 12.1 Å². The average Bonchev–Trinajstić information content (AvgIpc) is 2.92. The van der Waals surface area contributed by atoms with E-state index >= 15 is 0 Å². The summed E-state index contributed by atoms with van der Waals surface area (Å²) in [4.78, 5) is 0. The molecule has 0 aromatic carbocycles. The van der Waals surface area contributed by atoms with Crippen molar-refractivity contribution < 1.29 is 0 Å². The fourth-order valence-electron chi connectivity index (χ4n) is 3.03. The maximum atomic E-state index is 3.93. The van der Waals surface area contributed by atoms with E-state index in [1.165, 1.54) is 44.9 Å². The molecule has 2 aliphatic carbocycles. The first-order chi connectivity index (χ1) is 7.12. The topological polar surface area (TPSA) is 12.0 Å². The van der Waals surface area contributed by atoms with Crippen molar-refractivity contribution >= 4 is 0 Å². The van der Waals surface area contributed by atoms with Gasteiger partial charge in [0.15, 0.2) is 0 Å². The van der Waals surface area contributed by atoms with Crippen LogP contribution in [0.1, 0.15) is 65.7 Å². The summed E-state index contributed by atoms with van der Waals surface area (Å²) in [5, 5.41) is 3.93. The normalized spacial score (nSPS) is 31.8. The first-order valence-corrected chi connectivity index (χ1v) is 6.88. The van der Waals surface area contributed by atoms with E-state index in [0.717, 1.165) is 18.0 Å². The highest BCUT2D eigenvalue weighted by Gasteiger charge is 2.36. The summed E-state index contributed by atoms with van der Waals surface area (Å²) in [7, 11) is 0. The minimum atomic E-state index is 0.539. The van der Waals surface area contributed by atoms with Gasteiger partial charge in [-0.25, -0.2) is 0 Å². The Hall–Kier alpha value is -0.0400. The first kappa shape index (κ1) is 11.4. The largest absolute Gasteiger partial charge is 0.311 e. The van der Waals surface area contributed by atoms with Crippen LogP contribution in [0.2, 0.25) is 0 Å². The molecule has 2 atom stereocenters. The van der Waals surface area contributed by atoms with Crippen molar-refractivity contribution in [3.63, 3.8) is 0 Å². The van der Waals surface area contributed by atoms with E-state index in [0.29, 0.717) is 5.41 Å². The van der Waals surface area contributed by atoms with Gasteiger partial charge >= 0.3 is 0 Å². The van der Waals surface area contributed by atoms with Crippen molar-refractivity contribution in [3.8, 4) is 0 Å². The Kier molecular flexibility index (Phi) is 3.39. The molecule has 1 nitrogen and oxygen atoms in total. The van der Waals surface area contributed by atoms with E-state index in [4.69, 9.17) is 0 Å². The molecule has 2 unspecified atom stereocenters. The Bertz CT molecular complexity index is 205. The molecular weight excluding hydrogens is 182 g/mol. The predicted octanol–water partition coefficient (Wildman–Crippen LogP) is 3.73. The van der Waals surface area contributed by atoms with Crippen molar-refractivity contribution in [1.29, 1.82) is 0 Å². The molecule has 2 fully saturated rings. The Labute approximate surface area is 95.0 Å². The lowest BCUT2D eigenvalue weighted by atomic mass is 9.86. The standard InChI is InChI=1S/C14H27N/c1-4-12(10-11-7-8-11)15-13-6-5-9-14(13,2)3/h11-13,15H,4-10H2,1-3H3. The van der Waals surface area contributed by atoms with Crippen molar-refractivity contribution in [2.24, 2.45) is 11.3 Å². The maximum absolute atomic E-state index is 3.93. The van der Waals surface area contributed by atoms with Crippen LogP contribution in [0, 0.1) is 11.3 Å². The maximum Gasteiger partial charge on any atom is 0.0121 e. The Morgan fingerprint density at radius 1 is 1.27 bits per heavy atom. The van der Waals surface area contributed by atoms with Crippen LogP contribution in [0.3, 0.4) is 0 Å². The van der Waals surface area contributed by atoms with Gasteiger partial charge in [0.05, 0.1) is 0 Å². The van der Waals surface area contributed by atoms with Gasteiger partial charge in [0.1, 0.15) is 0 Å². The van der Waals surface area contributed by atoms with Gasteiger partial charge in [-0.1, -0.05) is 40.0 Å². The molecule has 0 bridgehead atoms. The van der Waals surface area contributed by atoms with E-state index in [2.05, 4.69) is 26.1 Å². The van der Waals surface area contributed by atoms with Crippen LogP contribution in [0.25, 0.3) is 0 Å². The molecular formula is C14H27N. The molecule has 2 aliphatic rings. The minimum Gasteiger partial charge on any atom is -0.311 e. The summed E-state index contributed by atoms with van der Waals surface area (Å²) in [5.41, 5.74) is 0.539. The van der Waals surface area contributed by atoms with Gasteiger partial charge in [0.25, 0.3) is 0 Å². The minimum absolute atomic E-state index is 0.539. The summed E-state index contributed by atoms with van der Waals surface area (Å²) >= 11 is 0. The Balaban J connectivity index is 1.82. The summed E-state index contributed by atoms with van der Waals surface area (Å²) in [6.07, 6.45) is 9.95. The zero-order valence-electron chi connectivity index (χ0n) is 10.7. The summed E-state index contributed by atoms with van der Waals surface area (Å²) in [6, 6.07) is 1.57. The first-order valence-electron chi connectivity index (χ1n) is 6.88. The van der Waals surface area contributed by atoms with Gasteiger partial charge in [-0.05, 0) is 37.0 Å². The van der Waals surface area contributed by atoms with E-state index in [1.54, 1.807) is 0 Å². The second kappa shape index (κ2) is 4.45.